The molecule has 0 bridgehead atoms. The van der Waals surface area contributed by atoms with E-state index in [1.165, 1.54) is 0 Å². The number of nitrogens with zero attached hydrogens (tertiary/aromatic N) is 1. The molecule has 0 aliphatic rings. The second-order valence-corrected chi connectivity index (χ2v) is 4.79. The zero-order chi connectivity index (χ0) is 13.9. The van der Waals surface area contributed by atoms with Crippen LogP contribution in [0.15, 0.2) is 71.7 Å². The van der Waals surface area contributed by atoms with Crippen LogP contribution in [-0.2, 0) is 6.54 Å². The van der Waals surface area contributed by atoms with Crippen molar-refractivity contribution in [3.05, 3.63) is 82.8 Å². The highest BCUT2D eigenvalue weighted by molar-refractivity contribution is 5.81. The number of hydrogen-bond donors (Lipinski definition) is 1. The van der Waals surface area contributed by atoms with Gasteiger partial charge in [-0.1, -0.05) is 48.5 Å². The normalized spacial score (nSPS) is 12.4. The van der Waals surface area contributed by atoms with Crippen LogP contribution in [0.5, 0.6) is 0 Å². The van der Waals surface area contributed by atoms with Gasteiger partial charge in [0.15, 0.2) is 0 Å². The lowest BCUT2D eigenvalue weighted by Crippen LogP contribution is -2.22. The summed E-state index contributed by atoms with van der Waals surface area (Å²) in [6.07, 6.45) is 1.05. The van der Waals surface area contributed by atoms with Gasteiger partial charge in [-0.05, 0) is 23.1 Å². The molecule has 1 aromatic heterocycles. The first-order valence-electron chi connectivity index (χ1n) is 6.57. The van der Waals surface area contributed by atoms with Crippen molar-refractivity contribution in [2.45, 2.75) is 12.6 Å². The summed E-state index contributed by atoms with van der Waals surface area (Å²) < 4.78 is 1.56. The Morgan fingerprint density at radius 1 is 0.950 bits per heavy atom. The fourth-order valence-electron chi connectivity index (χ4n) is 2.34. The van der Waals surface area contributed by atoms with Gasteiger partial charge in [0.25, 0.3) is 5.56 Å². The average molecular weight is 265 g/mol. The van der Waals surface area contributed by atoms with Crippen molar-refractivity contribution in [3.8, 4) is 0 Å². The molecular weight excluding hydrogens is 250 g/mol. The average Bonchev–Trinajstić information content (AvgIpc) is 2.51. The smallest absolute Gasteiger partial charge is 0.258 e. The molecule has 0 aliphatic heterocycles. The lowest BCUT2D eigenvalue weighted by molar-refractivity contribution is 0.155. The Bertz CT molecular complexity index is 778. The van der Waals surface area contributed by atoms with Crippen LogP contribution in [0.1, 0.15) is 11.7 Å². The molecule has 3 rings (SSSR count). The van der Waals surface area contributed by atoms with Crippen molar-refractivity contribution >= 4 is 10.8 Å². The monoisotopic (exact) mass is 265 g/mol. The minimum absolute atomic E-state index is 0.0712. The zero-order valence-electron chi connectivity index (χ0n) is 10.9. The van der Waals surface area contributed by atoms with E-state index in [4.69, 9.17) is 0 Å². The number of aliphatic hydroxyl groups is 1. The molecule has 1 heterocycles. The van der Waals surface area contributed by atoms with Gasteiger partial charge < -0.3 is 9.67 Å². The van der Waals surface area contributed by atoms with Crippen LogP contribution in [0.2, 0.25) is 0 Å². The van der Waals surface area contributed by atoms with E-state index >= 15 is 0 Å². The first-order chi connectivity index (χ1) is 9.75. The van der Waals surface area contributed by atoms with Crippen LogP contribution in [0.3, 0.4) is 0 Å². The van der Waals surface area contributed by atoms with E-state index in [-0.39, 0.29) is 12.1 Å². The Hall–Kier alpha value is -2.39. The summed E-state index contributed by atoms with van der Waals surface area (Å²) >= 11 is 0. The predicted octanol–water partition coefficient (Wildman–Crippen LogP) is 2.74. The second kappa shape index (κ2) is 5.31. The quantitative estimate of drug-likeness (QED) is 0.791. The summed E-state index contributed by atoms with van der Waals surface area (Å²) in [6.45, 7) is 0.258. The number of rotatable bonds is 3. The lowest BCUT2D eigenvalue weighted by atomic mass is 10.1. The maximum atomic E-state index is 12.3. The van der Waals surface area contributed by atoms with Crippen molar-refractivity contribution in [1.82, 2.24) is 4.57 Å². The third kappa shape index (κ3) is 2.36. The standard InChI is InChI=1S/C17H15NO2/c19-16(14-7-2-1-3-8-14)12-18-11-10-13-6-4-5-9-15(13)17(18)20/h1-11,16,19H,12H2. The molecule has 1 unspecified atom stereocenters. The van der Waals surface area contributed by atoms with Gasteiger partial charge in [0.05, 0.1) is 12.6 Å². The molecule has 3 nitrogen and oxygen atoms in total. The molecule has 3 aromatic rings. The van der Waals surface area contributed by atoms with Gasteiger partial charge in [0.1, 0.15) is 0 Å². The second-order valence-electron chi connectivity index (χ2n) is 4.79. The van der Waals surface area contributed by atoms with Crippen molar-refractivity contribution in [2.24, 2.45) is 0 Å². The molecule has 0 spiro atoms. The van der Waals surface area contributed by atoms with E-state index in [0.717, 1.165) is 10.9 Å². The zero-order valence-corrected chi connectivity index (χ0v) is 10.9. The predicted molar refractivity (Wildman–Crippen MR) is 79.6 cm³/mol. The summed E-state index contributed by atoms with van der Waals surface area (Å²) in [5, 5.41) is 11.8. The largest absolute Gasteiger partial charge is 0.387 e. The Morgan fingerprint density at radius 3 is 2.45 bits per heavy atom. The Morgan fingerprint density at radius 2 is 1.65 bits per heavy atom. The number of hydrogen-bond acceptors (Lipinski definition) is 2. The van der Waals surface area contributed by atoms with Crippen molar-refractivity contribution in [2.75, 3.05) is 0 Å². The van der Waals surface area contributed by atoms with E-state index in [1.54, 1.807) is 10.8 Å². The fraction of sp³-hybridized carbons (Fsp3) is 0.118. The molecule has 20 heavy (non-hydrogen) atoms. The first kappa shape index (κ1) is 12.6. The maximum absolute atomic E-state index is 12.3. The van der Waals surface area contributed by atoms with Crippen LogP contribution in [0, 0.1) is 0 Å². The molecule has 0 saturated heterocycles. The van der Waals surface area contributed by atoms with Gasteiger partial charge in [-0.2, -0.15) is 0 Å². The highest BCUT2D eigenvalue weighted by Crippen LogP contribution is 2.15. The number of fused-ring (bicyclic) bond motifs is 1. The third-order valence-corrected chi connectivity index (χ3v) is 3.44. The SMILES string of the molecule is O=c1c2ccccc2ccn1CC(O)c1ccccc1. The van der Waals surface area contributed by atoms with Crippen LogP contribution >= 0.6 is 0 Å². The van der Waals surface area contributed by atoms with Crippen molar-refractivity contribution in [3.63, 3.8) is 0 Å². The molecule has 0 radical (unpaired) electrons. The van der Waals surface area contributed by atoms with E-state index in [1.807, 2.05) is 60.7 Å². The minimum atomic E-state index is -0.685. The third-order valence-electron chi connectivity index (χ3n) is 3.44. The maximum Gasteiger partial charge on any atom is 0.258 e. The van der Waals surface area contributed by atoms with E-state index < -0.39 is 6.10 Å². The fourth-order valence-corrected chi connectivity index (χ4v) is 2.34. The molecule has 0 saturated carbocycles. The van der Waals surface area contributed by atoms with Gasteiger partial charge in [0, 0.05) is 11.6 Å². The summed E-state index contributed by atoms with van der Waals surface area (Å²) in [5.74, 6) is 0. The van der Waals surface area contributed by atoms with Crippen LogP contribution in [-0.4, -0.2) is 9.67 Å². The highest BCUT2D eigenvalue weighted by Gasteiger charge is 2.09. The number of aromatic nitrogens is 1. The Kier molecular flexibility index (Phi) is 3.35. The molecule has 1 N–H and O–H groups in total. The number of aliphatic hydroxyl groups excluding tert-OH is 1. The van der Waals surface area contributed by atoms with Gasteiger partial charge in [-0.25, -0.2) is 0 Å². The number of pyridine rings is 1. The molecule has 3 heteroatoms. The lowest BCUT2D eigenvalue weighted by Gasteiger charge is -2.13. The molecule has 100 valence electrons. The van der Waals surface area contributed by atoms with Gasteiger partial charge >= 0.3 is 0 Å². The van der Waals surface area contributed by atoms with E-state index in [0.29, 0.717) is 5.39 Å². The van der Waals surface area contributed by atoms with Gasteiger partial charge in [-0.15, -0.1) is 0 Å². The molecule has 1 atom stereocenters. The summed E-state index contributed by atoms with van der Waals surface area (Å²) in [7, 11) is 0. The molecule has 0 aliphatic carbocycles. The molecule has 0 fully saturated rings. The Labute approximate surface area is 116 Å². The summed E-state index contributed by atoms with van der Waals surface area (Å²) in [4.78, 5) is 12.3. The first-order valence-corrected chi connectivity index (χ1v) is 6.57. The Balaban J connectivity index is 1.96. The highest BCUT2D eigenvalue weighted by atomic mass is 16.3. The minimum Gasteiger partial charge on any atom is -0.387 e. The van der Waals surface area contributed by atoms with Gasteiger partial charge in [-0.3, -0.25) is 4.79 Å². The summed E-state index contributed by atoms with van der Waals surface area (Å²) in [5.41, 5.74) is 0.741. The molecule has 2 aromatic carbocycles. The topological polar surface area (TPSA) is 42.2 Å². The van der Waals surface area contributed by atoms with Crippen LogP contribution < -0.4 is 5.56 Å². The van der Waals surface area contributed by atoms with E-state index in [2.05, 4.69) is 0 Å². The molecule has 0 amide bonds. The van der Waals surface area contributed by atoms with E-state index in [9.17, 15) is 9.90 Å². The van der Waals surface area contributed by atoms with Gasteiger partial charge in [0.2, 0.25) is 0 Å². The summed E-state index contributed by atoms with van der Waals surface area (Å²) in [6, 6.07) is 18.7. The van der Waals surface area contributed by atoms with Crippen LogP contribution in [0.4, 0.5) is 0 Å². The van der Waals surface area contributed by atoms with Crippen molar-refractivity contribution in [1.29, 1.82) is 0 Å². The van der Waals surface area contributed by atoms with Crippen molar-refractivity contribution < 1.29 is 5.11 Å². The molecular formula is C17H15NO2. The van der Waals surface area contributed by atoms with Crippen LogP contribution in [0.25, 0.3) is 10.8 Å². The number of benzene rings is 2.